The molecule has 0 radical (unpaired) electrons. The molecule has 1 aliphatic heterocycles. The SMILES string of the molecule is CC1(C)c2ccccc2-c2cc3c(cc21)N(c1ccc2oc4ccccc4c(=O)c2c1)c1ccc(N(c2ccccc2)c2ccc(-c4ccccc4)cc2)cc1O3. The molecular formula is C52H36N2O3. The summed E-state index contributed by atoms with van der Waals surface area (Å²) in [5.74, 6) is 1.45. The van der Waals surface area contributed by atoms with Gasteiger partial charge in [-0.1, -0.05) is 111 Å². The molecule has 0 unspecified atom stereocenters. The Morgan fingerprint density at radius 2 is 1.14 bits per heavy atom. The largest absolute Gasteiger partial charge is 0.456 e. The van der Waals surface area contributed by atoms with Crippen LogP contribution in [0.1, 0.15) is 25.0 Å². The Morgan fingerprint density at radius 3 is 1.96 bits per heavy atom. The maximum absolute atomic E-state index is 14.0. The van der Waals surface area contributed by atoms with Crippen LogP contribution in [0.2, 0.25) is 0 Å². The van der Waals surface area contributed by atoms with Crippen molar-refractivity contribution in [3.8, 4) is 33.8 Å². The van der Waals surface area contributed by atoms with Crippen molar-refractivity contribution in [3.63, 3.8) is 0 Å². The van der Waals surface area contributed by atoms with Gasteiger partial charge in [0.2, 0.25) is 5.43 Å². The van der Waals surface area contributed by atoms with Gasteiger partial charge in [-0.2, -0.15) is 0 Å². The van der Waals surface area contributed by atoms with Crippen LogP contribution in [0.25, 0.3) is 44.2 Å². The predicted molar refractivity (Wildman–Crippen MR) is 232 cm³/mol. The van der Waals surface area contributed by atoms with Crippen LogP contribution in [0.4, 0.5) is 34.1 Å². The Balaban J connectivity index is 1.10. The van der Waals surface area contributed by atoms with Gasteiger partial charge in [0.05, 0.1) is 22.1 Å². The number of benzene rings is 8. The lowest BCUT2D eigenvalue weighted by Gasteiger charge is -2.35. The summed E-state index contributed by atoms with van der Waals surface area (Å²) < 4.78 is 13.2. The maximum Gasteiger partial charge on any atom is 0.200 e. The molecule has 272 valence electrons. The molecule has 1 aliphatic carbocycles. The van der Waals surface area contributed by atoms with Gasteiger partial charge in [-0.05, 0) is 112 Å². The van der Waals surface area contributed by atoms with Crippen molar-refractivity contribution in [2.24, 2.45) is 0 Å². The number of ether oxygens (including phenoxy) is 1. The molecule has 5 nitrogen and oxygen atoms in total. The van der Waals surface area contributed by atoms with Gasteiger partial charge in [0.15, 0.2) is 11.5 Å². The smallest absolute Gasteiger partial charge is 0.200 e. The van der Waals surface area contributed by atoms with Gasteiger partial charge < -0.3 is 19.0 Å². The number of nitrogens with zero attached hydrogens (tertiary/aromatic N) is 2. The molecule has 0 saturated carbocycles. The zero-order valence-corrected chi connectivity index (χ0v) is 31.4. The Labute approximate surface area is 330 Å². The third-order valence-corrected chi connectivity index (χ3v) is 11.6. The molecular weight excluding hydrogens is 701 g/mol. The maximum atomic E-state index is 14.0. The lowest BCUT2D eigenvalue weighted by Crippen LogP contribution is -2.19. The summed E-state index contributed by atoms with van der Waals surface area (Å²) in [5.41, 5.74) is 13.7. The van der Waals surface area contributed by atoms with E-state index in [1.165, 1.54) is 27.8 Å². The summed E-state index contributed by atoms with van der Waals surface area (Å²) in [6.07, 6.45) is 0. The Morgan fingerprint density at radius 1 is 0.491 bits per heavy atom. The molecule has 57 heavy (non-hydrogen) atoms. The fourth-order valence-corrected chi connectivity index (χ4v) is 8.80. The minimum atomic E-state index is -0.216. The van der Waals surface area contributed by atoms with E-state index >= 15 is 0 Å². The number of para-hydroxylation sites is 2. The standard InChI is InChI=1S/C52H36N2O3/c1-52(2)43-19-11-9-17-39(43)41-31-50-46(32-44(41)52)54(37-26-28-48-42(29-37)51(55)40-18-10-12-20-47(40)56-48)45-27-25-38(30-49(45)57-50)53(35-15-7-4-8-16-35)36-23-21-34(22-24-36)33-13-5-3-6-14-33/h3-32H,1-2H3. The average molecular weight is 737 g/mol. The van der Waals surface area contributed by atoms with E-state index < -0.39 is 0 Å². The van der Waals surface area contributed by atoms with Gasteiger partial charge in [0.1, 0.15) is 11.2 Å². The highest BCUT2D eigenvalue weighted by atomic mass is 16.5. The topological polar surface area (TPSA) is 45.9 Å². The second-order valence-corrected chi connectivity index (χ2v) is 15.3. The first kappa shape index (κ1) is 33.0. The number of hydrogen-bond acceptors (Lipinski definition) is 5. The molecule has 0 atom stereocenters. The van der Waals surface area contributed by atoms with Crippen molar-refractivity contribution in [1.82, 2.24) is 0 Å². The van der Waals surface area contributed by atoms with Crippen molar-refractivity contribution in [1.29, 1.82) is 0 Å². The first-order valence-corrected chi connectivity index (χ1v) is 19.3. The molecule has 1 aromatic heterocycles. The summed E-state index contributed by atoms with van der Waals surface area (Å²) in [7, 11) is 0. The van der Waals surface area contributed by atoms with Crippen molar-refractivity contribution in [2.75, 3.05) is 9.80 Å². The fraction of sp³-hybridized carbons (Fsp3) is 0.0577. The second-order valence-electron chi connectivity index (χ2n) is 15.3. The molecule has 0 spiro atoms. The van der Waals surface area contributed by atoms with E-state index in [4.69, 9.17) is 9.15 Å². The van der Waals surface area contributed by atoms with E-state index in [2.05, 4.69) is 151 Å². The van der Waals surface area contributed by atoms with Crippen molar-refractivity contribution < 1.29 is 9.15 Å². The zero-order valence-electron chi connectivity index (χ0n) is 31.4. The highest BCUT2D eigenvalue weighted by Crippen LogP contribution is 2.58. The van der Waals surface area contributed by atoms with E-state index in [0.717, 1.165) is 45.4 Å². The van der Waals surface area contributed by atoms with Crippen LogP contribution in [0.3, 0.4) is 0 Å². The van der Waals surface area contributed by atoms with E-state index in [1.54, 1.807) is 0 Å². The minimum absolute atomic E-state index is 0.0555. The van der Waals surface area contributed by atoms with Crippen LogP contribution in [0.5, 0.6) is 11.5 Å². The monoisotopic (exact) mass is 736 g/mol. The minimum Gasteiger partial charge on any atom is -0.456 e. The number of fused-ring (bicyclic) bond motifs is 7. The van der Waals surface area contributed by atoms with E-state index in [0.29, 0.717) is 27.7 Å². The predicted octanol–water partition coefficient (Wildman–Crippen LogP) is 14.0. The molecule has 11 rings (SSSR count). The van der Waals surface area contributed by atoms with Crippen LogP contribution in [0, 0.1) is 0 Å². The lowest BCUT2D eigenvalue weighted by atomic mass is 9.82. The van der Waals surface area contributed by atoms with Gasteiger partial charge in [0.25, 0.3) is 0 Å². The summed E-state index contributed by atoms with van der Waals surface area (Å²) >= 11 is 0. The van der Waals surface area contributed by atoms with Crippen LogP contribution in [-0.2, 0) is 5.41 Å². The van der Waals surface area contributed by atoms with Gasteiger partial charge in [-0.25, -0.2) is 0 Å². The molecule has 8 aromatic carbocycles. The summed E-state index contributed by atoms with van der Waals surface area (Å²) in [5, 5.41) is 1.09. The molecule has 2 heterocycles. The van der Waals surface area contributed by atoms with Gasteiger partial charge in [0, 0.05) is 34.2 Å². The summed E-state index contributed by atoms with van der Waals surface area (Å²) in [6.45, 7) is 4.57. The molecule has 9 aromatic rings. The van der Waals surface area contributed by atoms with Gasteiger partial charge in [-0.3, -0.25) is 4.79 Å². The van der Waals surface area contributed by atoms with E-state index in [-0.39, 0.29) is 10.8 Å². The third-order valence-electron chi connectivity index (χ3n) is 11.6. The highest BCUT2D eigenvalue weighted by Gasteiger charge is 2.38. The number of hydrogen-bond donors (Lipinski definition) is 0. The Kier molecular flexibility index (Phi) is 7.29. The van der Waals surface area contributed by atoms with Crippen LogP contribution < -0.4 is 20.0 Å². The average Bonchev–Trinajstić information content (AvgIpc) is 3.48. The third kappa shape index (κ3) is 5.20. The van der Waals surface area contributed by atoms with E-state index in [1.807, 2.05) is 54.6 Å². The molecule has 0 fully saturated rings. The van der Waals surface area contributed by atoms with Crippen LogP contribution in [-0.4, -0.2) is 0 Å². The first-order chi connectivity index (χ1) is 27.9. The molecule has 0 amide bonds. The lowest BCUT2D eigenvalue weighted by molar-refractivity contribution is 0.477. The van der Waals surface area contributed by atoms with Gasteiger partial charge in [-0.15, -0.1) is 0 Å². The van der Waals surface area contributed by atoms with Crippen LogP contribution >= 0.6 is 0 Å². The van der Waals surface area contributed by atoms with Crippen molar-refractivity contribution in [2.45, 2.75) is 19.3 Å². The molecule has 0 bridgehead atoms. The number of rotatable bonds is 5. The highest BCUT2D eigenvalue weighted by molar-refractivity contribution is 5.97. The molecule has 0 N–H and O–H groups in total. The fourth-order valence-electron chi connectivity index (χ4n) is 8.80. The van der Waals surface area contributed by atoms with E-state index in [9.17, 15) is 4.79 Å². The molecule has 2 aliphatic rings. The van der Waals surface area contributed by atoms with Gasteiger partial charge >= 0.3 is 0 Å². The molecule has 5 heteroatoms. The summed E-state index contributed by atoms with van der Waals surface area (Å²) in [4.78, 5) is 18.4. The molecule has 0 saturated heterocycles. The second kappa shape index (κ2) is 12.6. The summed E-state index contributed by atoms with van der Waals surface area (Å²) in [6, 6.07) is 62.4. The van der Waals surface area contributed by atoms with Crippen molar-refractivity contribution >= 4 is 56.1 Å². The Hall–Kier alpha value is -7.37. The number of anilines is 6. The van der Waals surface area contributed by atoms with Crippen LogP contribution in [0.15, 0.2) is 191 Å². The normalized spacial score (nSPS) is 13.4. The zero-order chi connectivity index (χ0) is 38.3. The Bertz CT molecular complexity index is 3100. The first-order valence-electron chi connectivity index (χ1n) is 19.3. The van der Waals surface area contributed by atoms with Crippen molar-refractivity contribution in [3.05, 3.63) is 203 Å². The quantitative estimate of drug-likeness (QED) is 0.165.